The van der Waals surface area contributed by atoms with Gasteiger partial charge in [-0.2, -0.15) is 4.31 Å². The molecular formula is C19H26IN7O3S. The van der Waals surface area contributed by atoms with Crippen molar-refractivity contribution in [1.29, 1.82) is 0 Å². The van der Waals surface area contributed by atoms with E-state index in [9.17, 15) is 8.42 Å². The standard InChI is InChI=1S/C19H25N7O3S.HI/c1-20-19(21-7-5-16-14-25-8-3-2-4-18(25)22-16)24-9-11-26(12-10-24)30(27,28)15-17-6-13-29-23-17;/h2-4,6,8,13-14H,5,7,9-12,15H2,1H3,(H,20,21);1H. The van der Waals surface area contributed by atoms with Gasteiger partial charge in [0.1, 0.15) is 17.7 Å². The second-order valence-electron chi connectivity index (χ2n) is 7.06. The van der Waals surface area contributed by atoms with Crippen LogP contribution in [-0.2, 0) is 22.2 Å². The van der Waals surface area contributed by atoms with Crippen LogP contribution in [0.4, 0.5) is 0 Å². The molecule has 0 aliphatic carbocycles. The maximum absolute atomic E-state index is 12.6. The molecule has 0 unspecified atom stereocenters. The number of aliphatic imine (C=N–C) groups is 1. The lowest BCUT2D eigenvalue weighted by Crippen LogP contribution is -2.54. The summed E-state index contributed by atoms with van der Waals surface area (Å²) in [6.07, 6.45) is 6.16. The minimum Gasteiger partial charge on any atom is -0.364 e. The molecule has 3 aromatic heterocycles. The Morgan fingerprint density at radius 3 is 2.68 bits per heavy atom. The van der Waals surface area contributed by atoms with Gasteiger partial charge in [-0.05, 0) is 12.1 Å². The molecule has 1 fully saturated rings. The summed E-state index contributed by atoms with van der Waals surface area (Å²) in [6.45, 7) is 2.67. The Balaban J connectivity index is 0.00000272. The lowest BCUT2D eigenvalue weighted by molar-refractivity contribution is 0.260. The summed E-state index contributed by atoms with van der Waals surface area (Å²) in [5.74, 6) is 0.627. The van der Waals surface area contributed by atoms with Crippen LogP contribution in [0.2, 0.25) is 0 Å². The number of hydrogen-bond donors (Lipinski definition) is 1. The highest BCUT2D eigenvalue weighted by Crippen LogP contribution is 2.13. The summed E-state index contributed by atoms with van der Waals surface area (Å²) in [6, 6.07) is 7.50. The van der Waals surface area contributed by atoms with Crippen molar-refractivity contribution in [1.82, 2.24) is 29.1 Å². The van der Waals surface area contributed by atoms with E-state index < -0.39 is 10.0 Å². The molecule has 0 saturated carbocycles. The van der Waals surface area contributed by atoms with Crippen molar-refractivity contribution in [3.05, 3.63) is 54.3 Å². The van der Waals surface area contributed by atoms with E-state index in [2.05, 4.69) is 25.3 Å². The minimum absolute atomic E-state index is 0. The Labute approximate surface area is 198 Å². The van der Waals surface area contributed by atoms with Crippen LogP contribution >= 0.6 is 24.0 Å². The number of hydrogen-bond acceptors (Lipinski definition) is 6. The van der Waals surface area contributed by atoms with E-state index >= 15 is 0 Å². The van der Waals surface area contributed by atoms with E-state index in [1.165, 1.54) is 10.6 Å². The number of fused-ring (bicyclic) bond motifs is 1. The molecule has 0 amide bonds. The molecule has 3 aromatic rings. The molecule has 4 heterocycles. The van der Waals surface area contributed by atoms with E-state index in [4.69, 9.17) is 4.52 Å². The number of imidazole rings is 1. The number of nitrogens with zero attached hydrogens (tertiary/aromatic N) is 6. The van der Waals surface area contributed by atoms with Gasteiger partial charge in [0.2, 0.25) is 10.0 Å². The Bertz CT molecular complexity index is 1070. The average molecular weight is 559 g/mol. The first kappa shape index (κ1) is 23.5. The second-order valence-corrected chi connectivity index (χ2v) is 9.02. The Kier molecular flexibility index (Phi) is 7.89. The van der Waals surface area contributed by atoms with E-state index in [1.54, 1.807) is 13.1 Å². The highest BCUT2D eigenvalue weighted by molar-refractivity contribution is 14.0. The lowest BCUT2D eigenvalue weighted by Gasteiger charge is -2.35. The van der Waals surface area contributed by atoms with E-state index in [0.29, 0.717) is 38.4 Å². The van der Waals surface area contributed by atoms with Gasteiger partial charge in [0.15, 0.2) is 5.96 Å². The van der Waals surface area contributed by atoms with E-state index in [1.807, 2.05) is 35.0 Å². The van der Waals surface area contributed by atoms with Crippen molar-refractivity contribution in [2.45, 2.75) is 12.2 Å². The van der Waals surface area contributed by atoms with Crippen LogP contribution in [0.25, 0.3) is 5.65 Å². The summed E-state index contributed by atoms with van der Waals surface area (Å²) >= 11 is 0. The fraction of sp³-hybridized carbons (Fsp3) is 0.421. The van der Waals surface area contributed by atoms with Crippen molar-refractivity contribution < 1.29 is 12.9 Å². The monoisotopic (exact) mass is 559 g/mol. The van der Waals surface area contributed by atoms with Gasteiger partial charge in [0.05, 0.1) is 11.4 Å². The van der Waals surface area contributed by atoms with Crippen LogP contribution in [0.3, 0.4) is 0 Å². The molecule has 1 saturated heterocycles. The molecule has 10 nitrogen and oxygen atoms in total. The molecule has 168 valence electrons. The molecule has 1 aliphatic heterocycles. The maximum atomic E-state index is 12.6. The van der Waals surface area contributed by atoms with Gasteiger partial charge in [-0.1, -0.05) is 11.2 Å². The highest BCUT2D eigenvalue weighted by Gasteiger charge is 2.28. The second kappa shape index (κ2) is 10.4. The molecule has 0 radical (unpaired) electrons. The van der Waals surface area contributed by atoms with Gasteiger partial charge in [-0.15, -0.1) is 24.0 Å². The Morgan fingerprint density at radius 2 is 2.00 bits per heavy atom. The van der Waals surface area contributed by atoms with Gasteiger partial charge in [0, 0.05) is 64.7 Å². The third kappa shape index (κ3) is 5.74. The van der Waals surface area contributed by atoms with E-state index in [-0.39, 0.29) is 29.7 Å². The van der Waals surface area contributed by atoms with Crippen LogP contribution in [-0.4, -0.2) is 77.9 Å². The van der Waals surface area contributed by atoms with Crippen molar-refractivity contribution in [2.75, 3.05) is 39.8 Å². The number of pyridine rings is 1. The third-order valence-electron chi connectivity index (χ3n) is 5.04. The van der Waals surface area contributed by atoms with Crippen molar-refractivity contribution in [3.8, 4) is 0 Å². The molecule has 0 spiro atoms. The fourth-order valence-electron chi connectivity index (χ4n) is 3.51. The van der Waals surface area contributed by atoms with E-state index in [0.717, 1.165) is 23.7 Å². The van der Waals surface area contributed by atoms with Crippen molar-refractivity contribution >= 4 is 45.6 Å². The summed E-state index contributed by atoms with van der Waals surface area (Å²) in [4.78, 5) is 11.0. The van der Waals surface area contributed by atoms with Crippen LogP contribution in [0.1, 0.15) is 11.4 Å². The summed E-state index contributed by atoms with van der Waals surface area (Å²) in [5.41, 5.74) is 2.36. The molecule has 1 N–H and O–H groups in total. The zero-order valence-electron chi connectivity index (χ0n) is 17.2. The number of nitrogens with one attached hydrogen (secondary N) is 1. The number of sulfonamides is 1. The topological polar surface area (TPSA) is 108 Å². The molecule has 12 heteroatoms. The zero-order valence-corrected chi connectivity index (χ0v) is 20.4. The zero-order chi connectivity index (χ0) is 21.0. The fourth-order valence-corrected chi connectivity index (χ4v) is 4.94. The predicted molar refractivity (Wildman–Crippen MR) is 128 cm³/mol. The number of rotatable bonds is 6. The van der Waals surface area contributed by atoms with Crippen molar-refractivity contribution in [2.24, 2.45) is 4.99 Å². The maximum Gasteiger partial charge on any atom is 0.220 e. The largest absolute Gasteiger partial charge is 0.364 e. The van der Waals surface area contributed by atoms with Gasteiger partial charge in [0.25, 0.3) is 0 Å². The SMILES string of the molecule is CN=C(NCCc1cn2ccccc2n1)N1CCN(S(=O)(=O)Cc2ccon2)CC1.I. The average Bonchev–Trinajstić information content (AvgIpc) is 3.40. The lowest BCUT2D eigenvalue weighted by atomic mass is 10.3. The molecular weight excluding hydrogens is 533 g/mol. The highest BCUT2D eigenvalue weighted by atomic mass is 127. The van der Waals surface area contributed by atoms with Gasteiger partial charge in [-0.3, -0.25) is 4.99 Å². The van der Waals surface area contributed by atoms with Crippen LogP contribution in [0, 0.1) is 0 Å². The first-order valence-electron chi connectivity index (χ1n) is 9.80. The Morgan fingerprint density at radius 1 is 1.19 bits per heavy atom. The molecule has 0 bridgehead atoms. The Hall–Kier alpha value is -2.19. The number of halogens is 1. The molecule has 0 aromatic carbocycles. The van der Waals surface area contributed by atoms with Crippen LogP contribution in [0.5, 0.6) is 0 Å². The summed E-state index contributed by atoms with van der Waals surface area (Å²) in [5, 5.41) is 7.06. The molecule has 1 aliphatic rings. The normalized spacial score (nSPS) is 15.8. The van der Waals surface area contributed by atoms with Crippen LogP contribution < -0.4 is 5.32 Å². The molecule has 31 heavy (non-hydrogen) atoms. The minimum atomic E-state index is -3.41. The van der Waals surface area contributed by atoms with Gasteiger partial charge in [-0.25, -0.2) is 13.4 Å². The molecule has 0 atom stereocenters. The van der Waals surface area contributed by atoms with Gasteiger partial charge < -0.3 is 19.1 Å². The molecule has 4 rings (SSSR count). The number of piperazine rings is 1. The first-order chi connectivity index (χ1) is 14.5. The first-order valence-corrected chi connectivity index (χ1v) is 11.4. The van der Waals surface area contributed by atoms with Gasteiger partial charge >= 0.3 is 0 Å². The summed E-state index contributed by atoms with van der Waals surface area (Å²) in [7, 11) is -1.68. The van der Waals surface area contributed by atoms with Crippen molar-refractivity contribution in [3.63, 3.8) is 0 Å². The summed E-state index contributed by atoms with van der Waals surface area (Å²) < 4.78 is 33.4. The smallest absolute Gasteiger partial charge is 0.220 e. The third-order valence-corrected chi connectivity index (χ3v) is 6.86. The quantitative estimate of drug-likeness (QED) is 0.275. The van der Waals surface area contributed by atoms with Crippen LogP contribution in [0.15, 0.2) is 52.4 Å². The number of guanidine groups is 1. The predicted octanol–water partition coefficient (Wildman–Crippen LogP) is 1.21. The number of aromatic nitrogens is 3.